The van der Waals surface area contributed by atoms with Gasteiger partial charge in [0.15, 0.2) is 0 Å². The van der Waals surface area contributed by atoms with Gasteiger partial charge in [0.05, 0.1) is 17.0 Å². The minimum Gasteiger partial charge on any atom is -0.330 e. The van der Waals surface area contributed by atoms with Gasteiger partial charge in [0.25, 0.3) is 0 Å². The van der Waals surface area contributed by atoms with Gasteiger partial charge in [0, 0.05) is 13.5 Å². The Morgan fingerprint density at radius 1 is 1.33 bits per heavy atom. The molecule has 0 atom stereocenters. The van der Waals surface area contributed by atoms with Gasteiger partial charge in [0.1, 0.15) is 0 Å². The maximum Gasteiger partial charge on any atom is 0.0752 e. The quantitative estimate of drug-likeness (QED) is 0.600. The van der Waals surface area contributed by atoms with Crippen molar-refractivity contribution in [3.8, 4) is 11.8 Å². The Hall–Kier alpha value is -1.27. The molecule has 0 aromatic carbocycles. The highest BCUT2D eigenvalue weighted by molar-refractivity contribution is 5.41. The van der Waals surface area contributed by atoms with Crippen LogP contribution in [0, 0.1) is 25.7 Å². The minimum atomic E-state index is 0.757. The van der Waals surface area contributed by atoms with Crippen LogP contribution in [0.2, 0.25) is 0 Å². The van der Waals surface area contributed by atoms with Crippen molar-refractivity contribution in [2.24, 2.45) is 12.8 Å². The third-order valence-corrected chi connectivity index (χ3v) is 2.48. The summed E-state index contributed by atoms with van der Waals surface area (Å²) in [6, 6.07) is 0. The molecular weight excluding hydrogens is 186 g/mol. The smallest absolute Gasteiger partial charge is 0.0752 e. The number of nitrogens with two attached hydrogens (primary N) is 1. The van der Waals surface area contributed by atoms with E-state index >= 15 is 0 Å². The lowest BCUT2D eigenvalue weighted by Gasteiger charge is -1.92. The van der Waals surface area contributed by atoms with Crippen molar-refractivity contribution < 1.29 is 0 Å². The van der Waals surface area contributed by atoms with Crippen LogP contribution in [-0.2, 0) is 7.05 Å². The highest BCUT2D eigenvalue weighted by Crippen LogP contribution is 2.09. The summed E-state index contributed by atoms with van der Waals surface area (Å²) in [6.07, 6.45) is 3.06. The molecule has 82 valence electrons. The van der Waals surface area contributed by atoms with Gasteiger partial charge in [-0.25, -0.2) is 0 Å². The Morgan fingerprint density at radius 2 is 2.07 bits per heavy atom. The first-order valence-corrected chi connectivity index (χ1v) is 5.36. The van der Waals surface area contributed by atoms with Crippen molar-refractivity contribution in [2.45, 2.75) is 33.1 Å². The topological polar surface area (TPSA) is 43.8 Å². The number of aryl methyl sites for hydroxylation is 2. The molecule has 0 saturated carbocycles. The molecule has 1 aromatic heterocycles. The number of aromatic nitrogens is 2. The zero-order valence-corrected chi connectivity index (χ0v) is 9.80. The van der Waals surface area contributed by atoms with Gasteiger partial charge in [0.2, 0.25) is 0 Å². The van der Waals surface area contributed by atoms with Crippen molar-refractivity contribution in [1.82, 2.24) is 9.78 Å². The normalized spacial score (nSPS) is 9.87. The Bertz CT molecular complexity index is 380. The largest absolute Gasteiger partial charge is 0.330 e. The van der Waals surface area contributed by atoms with Crippen molar-refractivity contribution in [3.63, 3.8) is 0 Å². The Morgan fingerprint density at radius 3 is 2.60 bits per heavy atom. The second-order valence-electron chi connectivity index (χ2n) is 3.72. The number of hydrogen-bond donors (Lipinski definition) is 1. The van der Waals surface area contributed by atoms with Gasteiger partial charge < -0.3 is 5.73 Å². The maximum atomic E-state index is 5.41. The SMILES string of the molecule is Cc1nn(C)c(C)c1C#CCCCCN. The molecule has 1 rings (SSSR count). The Balaban J connectivity index is 2.63. The molecule has 0 aliphatic heterocycles. The summed E-state index contributed by atoms with van der Waals surface area (Å²) in [5, 5.41) is 4.32. The average molecular weight is 205 g/mol. The van der Waals surface area contributed by atoms with Gasteiger partial charge in [-0.1, -0.05) is 11.8 Å². The van der Waals surface area contributed by atoms with Gasteiger partial charge >= 0.3 is 0 Å². The van der Waals surface area contributed by atoms with E-state index in [2.05, 4.69) is 16.9 Å². The maximum absolute atomic E-state index is 5.41. The molecule has 0 radical (unpaired) electrons. The molecule has 15 heavy (non-hydrogen) atoms. The van der Waals surface area contributed by atoms with Crippen LogP contribution in [0.1, 0.15) is 36.2 Å². The first-order valence-electron chi connectivity index (χ1n) is 5.36. The molecule has 0 unspecified atom stereocenters. The van der Waals surface area contributed by atoms with Crippen LogP contribution in [0.25, 0.3) is 0 Å². The van der Waals surface area contributed by atoms with Crippen LogP contribution < -0.4 is 5.73 Å². The molecule has 0 bridgehead atoms. The molecule has 3 nitrogen and oxygen atoms in total. The van der Waals surface area contributed by atoms with Gasteiger partial charge in [-0.3, -0.25) is 4.68 Å². The predicted octanol–water partition coefficient (Wildman–Crippen LogP) is 1.52. The zero-order chi connectivity index (χ0) is 11.3. The van der Waals surface area contributed by atoms with Crippen LogP contribution in [0.5, 0.6) is 0 Å². The molecule has 3 heteroatoms. The molecule has 1 aromatic rings. The van der Waals surface area contributed by atoms with Gasteiger partial charge in [-0.05, 0) is 33.2 Å². The van der Waals surface area contributed by atoms with E-state index in [4.69, 9.17) is 5.73 Å². The summed E-state index contributed by atoms with van der Waals surface area (Å²) < 4.78 is 1.87. The van der Waals surface area contributed by atoms with Crippen molar-refractivity contribution in [3.05, 3.63) is 17.0 Å². The molecule has 0 aliphatic carbocycles. The summed E-state index contributed by atoms with van der Waals surface area (Å²) in [6.45, 7) is 4.80. The molecule has 0 saturated heterocycles. The second kappa shape index (κ2) is 5.57. The number of rotatable bonds is 3. The summed E-state index contributed by atoms with van der Waals surface area (Å²) >= 11 is 0. The standard InChI is InChI=1S/C12H19N3/c1-10-12(11(2)15(3)14-10)8-6-4-5-7-9-13/h4-5,7,9,13H2,1-3H3. The Kier molecular flexibility index (Phi) is 4.38. The summed E-state index contributed by atoms with van der Waals surface area (Å²) in [4.78, 5) is 0. The number of nitrogens with zero attached hydrogens (tertiary/aromatic N) is 2. The molecule has 0 amide bonds. The number of unbranched alkanes of at least 4 members (excludes halogenated alkanes) is 2. The van der Waals surface area contributed by atoms with E-state index in [0.717, 1.165) is 42.8 Å². The van der Waals surface area contributed by atoms with Crippen molar-refractivity contribution >= 4 is 0 Å². The summed E-state index contributed by atoms with van der Waals surface area (Å²) in [5.41, 5.74) is 8.64. The molecule has 2 N–H and O–H groups in total. The highest BCUT2D eigenvalue weighted by Gasteiger charge is 2.05. The summed E-state index contributed by atoms with van der Waals surface area (Å²) in [7, 11) is 1.95. The summed E-state index contributed by atoms with van der Waals surface area (Å²) in [5.74, 6) is 6.36. The molecule has 0 spiro atoms. The van der Waals surface area contributed by atoms with Gasteiger partial charge in [-0.2, -0.15) is 5.10 Å². The van der Waals surface area contributed by atoms with Crippen LogP contribution in [-0.4, -0.2) is 16.3 Å². The monoisotopic (exact) mass is 205 g/mol. The molecule has 0 fully saturated rings. The lowest BCUT2D eigenvalue weighted by molar-refractivity contribution is 0.731. The predicted molar refractivity (Wildman–Crippen MR) is 62.5 cm³/mol. The van der Waals surface area contributed by atoms with Crippen molar-refractivity contribution in [1.29, 1.82) is 0 Å². The van der Waals surface area contributed by atoms with Crippen LogP contribution in [0.4, 0.5) is 0 Å². The van der Waals surface area contributed by atoms with Crippen LogP contribution in [0.15, 0.2) is 0 Å². The van der Waals surface area contributed by atoms with E-state index in [0.29, 0.717) is 0 Å². The van der Waals surface area contributed by atoms with Crippen molar-refractivity contribution in [2.75, 3.05) is 6.54 Å². The Labute approximate surface area is 91.7 Å². The van der Waals surface area contributed by atoms with E-state index in [1.807, 2.05) is 25.6 Å². The van der Waals surface area contributed by atoms with E-state index in [1.54, 1.807) is 0 Å². The van der Waals surface area contributed by atoms with E-state index in [1.165, 1.54) is 0 Å². The lowest BCUT2D eigenvalue weighted by atomic mass is 10.2. The number of hydrogen-bond acceptors (Lipinski definition) is 2. The fraction of sp³-hybridized carbons (Fsp3) is 0.583. The lowest BCUT2D eigenvalue weighted by Crippen LogP contribution is -1.97. The minimum absolute atomic E-state index is 0.757. The van der Waals surface area contributed by atoms with E-state index < -0.39 is 0 Å². The highest BCUT2D eigenvalue weighted by atomic mass is 15.3. The third kappa shape index (κ3) is 3.10. The van der Waals surface area contributed by atoms with Crippen LogP contribution >= 0.6 is 0 Å². The van der Waals surface area contributed by atoms with Gasteiger partial charge in [-0.15, -0.1) is 0 Å². The molecule has 1 heterocycles. The zero-order valence-electron chi connectivity index (χ0n) is 9.80. The van der Waals surface area contributed by atoms with E-state index in [9.17, 15) is 0 Å². The molecule has 0 aliphatic rings. The van der Waals surface area contributed by atoms with E-state index in [-0.39, 0.29) is 0 Å². The molecular formula is C12H19N3. The third-order valence-electron chi connectivity index (χ3n) is 2.48. The first kappa shape index (κ1) is 11.8. The second-order valence-corrected chi connectivity index (χ2v) is 3.72. The first-order chi connectivity index (χ1) is 7.16. The average Bonchev–Trinajstić information content (AvgIpc) is 2.44. The fourth-order valence-electron chi connectivity index (χ4n) is 1.46. The van der Waals surface area contributed by atoms with Crippen LogP contribution in [0.3, 0.4) is 0 Å². The fourth-order valence-corrected chi connectivity index (χ4v) is 1.46.